The van der Waals surface area contributed by atoms with Gasteiger partial charge < -0.3 is 9.55 Å². The van der Waals surface area contributed by atoms with E-state index in [1.54, 1.807) is 0 Å². The van der Waals surface area contributed by atoms with Crippen LogP contribution in [0.2, 0.25) is 0 Å². The lowest BCUT2D eigenvalue weighted by molar-refractivity contribution is 0.646. The van der Waals surface area contributed by atoms with Crippen LogP contribution in [-0.2, 0) is 6.42 Å². The maximum absolute atomic E-state index is 5.22. The lowest BCUT2D eigenvalue weighted by atomic mass is 10.3. The predicted molar refractivity (Wildman–Crippen MR) is 51.8 cm³/mol. The summed E-state index contributed by atoms with van der Waals surface area (Å²) in [5.74, 6) is 0.817. The van der Waals surface area contributed by atoms with Gasteiger partial charge >= 0.3 is 0 Å². The van der Waals surface area contributed by atoms with Crippen LogP contribution in [0.3, 0.4) is 0 Å². The smallest absolute Gasteiger partial charge is 0.177 e. The van der Waals surface area contributed by atoms with Gasteiger partial charge in [0.25, 0.3) is 0 Å². The van der Waals surface area contributed by atoms with Crippen molar-refractivity contribution < 1.29 is 0 Å². The summed E-state index contributed by atoms with van der Waals surface area (Å²) in [5, 5.41) is 0. The molecule has 66 valence electrons. The molecule has 0 aliphatic heterocycles. The monoisotopic (exact) mass is 182 g/mol. The Balaban J connectivity index is 2.40. The Bertz CT molecular complexity index is 337. The summed E-state index contributed by atoms with van der Waals surface area (Å²) < 4.78 is 3.17. The number of imidazole rings is 1. The molecule has 1 aromatic rings. The first-order chi connectivity index (χ1) is 5.74. The van der Waals surface area contributed by atoms with Crippen LogP contribution in [0.15, 0.2) is 6.20 Å². The summed E-state index contributed by atoms with van der Waals surface area (Å²) in [6.45, 7) is 4.44. The molecule has 1 fully saturated rings. The molecule has 1 aliphatic rings. The molecule has 0 spiro atoms. The van der Waals surface area contributed by atoms with Crippen molar-refractivity contribution in [2.24, 2.45) is 5.92 Å². The van der Waals surface area contributed by atoms with Gasteiger partial charge in [-0.3, -0.25) is 0 Å². The fraction of sp³-hybridized carbons (Fsp3) is 0.667. The molecule has 1 saturated carbocycles. The highest BCUT2D eigenvalue weighted by atomic mass is 32.1. The zero-order valence-corrected chi connectivity index (χ0v) is 8.32. The van der Waals surface area contributed by atoms with E-state index in [9.17, 15) is 0 Å². The van der Waals surface area contributed by atoms with Crippen LogP contribution in [0.25, 0.3) is 0 Å². The maximum atomic E-state index is 5.22. The second-order valence-electron chi connectivity index (χ2n) is 3.59. The Morgan fingerprint density at radius 2 is 2.42 bits per heavy atom. The summed E-state index contributed by atoms with van der Waals surface area (Å²) >= 11 is 5.22. The number of aromatic nitrogens is 2. The summed E-state index contributed by atoms with van der Waals surface area (Å²) in [4.78, 5) is 3.11. The van der Waals surface area contributed by atoms with Crippen LogP contribution in [0.4, 0.5) is 0 Å². The minimum absolute atomic E-state index is 0.679. The molecular formula is C9H14N2S. The number of nitrogens with one attached hydrogen (secondary N) is 1. The van der Waals surface area contributed by atoms with Crippen molar-refractivity contribution in [2.75, 3.05) is 0 Å². The van der Waals surface area contributed by atoms with Gasteiger partial charge in [-0.2, -0.15) is 0 Å². The van der Waals surface area contributed by atoms with Crippen LogP contribution in [0, 0.1) is 10.7 Å². The Morgan fingerprint density at radius 3 is 2.92 bits per heavy atom. The fourth-order valence-electron chi connectivity index (χ4n) is 1.71. The highest BCUT2D eigenvalue weighted by Crippen LogP contribution is 2.43. The number of H-pyrrole nitrogens is 1. The Kier molecular flexibility index (Phi) is 1.83. The second kappa shape index (κ2) is 2.73. The molecule has 12 heavy (non-hydrogen) atoms. The van der Waals surface area contributed by atoms with Crippen LogP contribution >= 0.6 is 12.2 Å². The van der Waals surface area contributed by atoms with Gasteiger partial charge in [-0.15, -0.1) is 0 Å². The van der Waals surface area contributed by atoms with Crippen LogP contribution in [0.1, 0.15) is 32.0 Å². The van der Waals surface area contributed by atoms with Crippen molar-refractivity contribution in [3.8, 4) is 0 Å². The highest BCUT2D eigenvalue weighted by Gasteiger charge is 2.35. The second-order valence-corrected chi connectivity index (χ2v) is 3.98. The van der Waals surface area contributed by atoms with E-state index in [1.165, 1.54) is 12.1 Å². The first-order valence-corrected chi connectivity index (χ1v) is 4.93. The molecule has 0 amide bonds. The number of aryl methyl sites for hydroxylation is 1. The van der Waals surface area contributed by atoms with Crippen molar-refractivity contribution in [1.82, 2.24) is 9.55 Å². The molecule has 2 unspecified atom stereocenters. The predicted octanol–water partition coefficient (Wildman–Crippen LogP) is 2.69. The van der Waals surface area contributed by atoms with E-state index >= 15 is 0 Å². The fourth-order valence-corrected chi connectivity index (χ4v) is 2.02. The zero-order chi connectivity index (χ0) is 8.72. The van der Waals surface area contributed by atoms with E-state index in [2.05, 4.69) is 23.4 Å². The lowest BCUT2D eigenvalue weighted by Gasteiger charge is -2.03. The van der Waals surface area contributed by atoms with Gasteiger partial charge in [0.2, 0.25) is 0 Å². The van der Waals surface area contributed by atoms with Crippen LogP contribution < -0.4 is 0 Å². The Morgan fingerprint density at radius 1 is 1.75 bits per heavy atom. The lowest BCUT2D eigenvalue weighted by Crippen LogP contribution is -2.00. The van der Waals surface area contributed by atoms with E-state index in [4.69, 9.17) is 12.2 Å². The van der Waals surface area contributed by atoms with E-state index < -0.39 is 0 Å². The molecule has 2 atom stereocenters. The van der Waals surface area contributed by atoms with Gasteiger partial charge in [0.05, 0.1) is 0 Å². The van der Waals surface area contributed by atoms with Crippen molar-refractivity contribution in [3.05, 3.63) is 16.7 Å². The molecule has 1 N–H and O–H groups in total. The van der Waals surface area contributed by atoms with Gasteiger partial charge in [0.1, 0.15) is 0 Å². The average Bonchev–Trinajstić information content (AvgIpc) is 2.62. The standard InChI is InChI=1S/C9H14N2S/c1-3-7-5-10-9(12)11(7)8-4-6(8)2/h5-6,8H,3-4H2,1-2H3,(H,10,12). The number of nitrogens with zero attached hydrogens (tertiary/aromatic N) is 1. The Labute approximate surface area is 77.6 Å². The SMILES string of the molecule is CCc1c[nH]c(=S)n1C1CC1C. The third kappa shape index (κ3) is 1.12. The van der Waals surface area contributed by atoms with E-state index in [1.807, 2.05) is 6.20 Å². The third-order valence-electron chi connectivity index (χ3n) is 2.65. The molecule has 0 radical (unpaired) electrons. The molecule has 0 aromatic carbocycles. The first-order valence-electron chi connectivity index (χ1n) is 4.52. The number of rotatable bonds is 2. The third-order valence-corrected chi connectivity index (χ3v) is 2.97. The largest absolute Gasteiger partial charge is 0.337 e. The van der Waals surface area contributed by atoms with Gasteiger partial charge in [0.15, 0.2) is 4.77 Å². The molecule has 0 bridgehead atoms. The van der Waals surface area contributed by atoms with Gasteiger partial charge in [0, 0.05) is 17.9 Å². The van der Waals surface area contributed by atoms with E-state index in [0.29, 0.717) is 6.04 Å². The summed E-state index contributed by atoms with van der Waals surface area (Å²) in [5.41, 5.74) is 1.34. The molecule has 2 rings (SSSR count). The number of hydrogen-bond acceptors (Lipinski definition) is 1. The van der Waals surface area contributed by atoms with E-state index in [0.717, 1.165) is 17.1 Å². The average molecular weight is 182 g/mol. The normalized spacial score (nSPS) is 27.5. The van der Waals surface area contributed by atoms with Crippen LogP contribution in [0.5, 0.6) is 0 Å². The molecule has 2 nitrogen and oxygen atoms in total. The van der Waals surface area contributed by atoms with Crippen molar-refractivity contribution in [2.45, 2.75) is 32.7 Å². The molecule has 1 heterocycles. The summed E-state index contributed by atoms with van der Waals surface area (Å²) in [6, 6.07) is 0.679. The maximum Gasteiger partial charge on any atom is 0.177 e. The number of hydrogen-bond donors (Lipinski definition) is 1. The van der Waals surface area contributed by atoms with Gasteiger partial charge in [-0.25, -0.2) is 0 Å². The minimum Gasteiger partial charge on any atom is -0.337 e. The van der Waals surface area contributed by atoms with Crippen LogP contribution in [-0.4, -0.2) is 9.55 Å². The number of aromatic amines is 1. The first kappa shape index (κ1) is 8.05. The summed E-state index contributed by atoms with van der Waals surface area (Å²) in [6.07, 6.45) is 4.39. The molecule has 0 saturated heterocycles. The van der Waals surface area contributed by atoms with Crippen molar-refractivity contribution in [3.63, 3.8) is 0 Å². The Hall–Kier alpha value is -0.570. The quantitative estimate of drug-likeness (QED) is 0.697. The molecular weight excluding hydrogens is 168 g/mol. The molecule has 1 aliphatic carbocycles. The molecule has 3 heteroatoms. The highest BCUT2D eigenvalue weighted by molar-refractivity contribution is 7.71. The minimum atomic E-state index is 0.679. The van der Waals surface area contributed by atoms with E-state index in [-0.39, 0.29) is 0 Å². The summed E-state index contributed by atoms with van der Waals surface area (Å²) in [7, 11) is 0. The van der Waals surface area contributed by atoms with Crippen molar-refractivity contribution >= 4 is 12.2 Å². The molecule has 1 aromatic heterocycles. The van der Waals surface area contributed by atoms with Gasteiger partial charge in [-0.1, -0.05) is 13.8 Å². The zero-order valence-electron chi connectivity index (χ0n) is 7.50. The van der Waals surface area contributed by atoms with Gasteiger partial charge in [-0.05, 0) is 31.0 Å². The van der Waals surface area contributed by atoms with Crippen molar-refractivity contribution in [1.29, 1.82) is 0 Å². The topological polar surface area (TPSA) is 20.7 Å².